The Morgan fingerprint density at radius 1 is 1.15 bits per heavy atom. The van der Waals surface area contributed by atoms with Crippen molar-refractivity contribution in [1.29, 1.82) is 0 Å². The van der Waals surface area contributed by atoms with E-state index in [0.29, 0.717) is 13.0 Å². The third-order valence-electron chi connectivity index (χ3n) is 5.05. The molecule has 5 heteroatoms. The number of hydrogen-bond acceptors (Lipinski definition) is 2. The minimum atomic E-state index is 0.124. The summed E-state index contributed by atoms with van der Waals surface area (Å²) in [6, 6.07) is 16.2. The molecule has 1 amide bonds. The first-order chi connectivity index (χ1) is 12.7. The zero-order chi connectivity index (χ0) is 18.1. The molecule has 1 aromatic heterocycles. The van der Waals surface area contributed by atoms with Crippen molar-refractivity contribution in [3.05, 3.63) is 58.8 Å². The number of halogens is 1. The average molecular weight is 412 g/mol. The summed E-state index contributed by atoms with van der Waals surface area (Å²) in [4.78, 5) is 19.5. The Morgan fingerprint density at radius 2 is 1.92 bits per heavy atom. The molecule has 0 aliphatic carbocycles. The Kier molecular flexibility index (Phi) is 4.81. The fourth-order valence-corrected chi connectivity index (χ4v) is 4.24. The van der Waals surface area contributed by atoms with E-state index < -0.39 is 0 Å². The van der Waals surface area contributed by atoms with Crippen molar-refractivity contribution in [2.75, 3.05) is 11.4 Å². The van der Waals surface area contributed by atoms with E-state index in [1.54, 1.807) is 0 Å². The number of para-hydroxylation sites is 3. The van der Waals surface area contributed by atoms with Gasteiger partial charge in [0.1, 0.15) is 5.82 Å². The summed E-state index contributed by atoms with van der Waals surface area (Å²) in [5.74, 6) is 1.33. The summed E-state index contributed by atoms with van der Waals surface area (Å²) >= 11 is 3.57. The molecule has 0 spiro atoms. The summed E-state index contributed by atoms with van der Waals surface area (Å²) in [5.41, 5.74) is 3.13. The smallest absolute Gasteiger partial charge is 0.227 e. The Hall–Kier alpha value is -2.14. The molecule has 4 nitrogen and oxygen atoms in total. The number of fused-ring (bicyclic) bond motifs is 1. The number of hydrogen-bond donors (Lipinski definition) is 0. The zero-order valence-corrected chi connectivity index (χ0v) is 16.4. The Balaban J connectivity index is 1.70. The van der Waals surface area contributed by atoms with Gasteiger partial charge in [-0.05, 0) is 46.6 Å². The Bertz CT molecular complexity index is 949. The highest BCUT2D eigenvalue weighted by atomic mass is 79.9. The molecule has 1 aliphatic rings. The Morgan fingerprint density at radius 3 is 2.73 bits per heavy atom. The summed E-state index contributed by atoms with van der Waals surface area (Å²) in [6.45, 7) is 3.83. The second-order valence-electron chi connectivity index (χ2n) is 6.82. The number of unbranched alkanes of at least 4 members (excludes halogenated alkanes) is 1. The SMILES string of the molecule is CCCCn1c(C2CC(=O)N(c3ccccc3Br)C2)nc2ccccc21. The van der Waals surface area contributed by atoms with Crippen molar-refractivity contribution >= 4 is 38.6 Å². The number of nitrogens with zero attached hydrogens (tertiary/aromatic N) is 3. The number of anilines is 1. The van der Waals surface area contributed by atoms with Crippen LogP contribution in [0, 0.1) is 0 Å². The van der Waals surface area contributed by atoms with Gasteiger partial charge in [-0.1, -0.05) is 37.6 Å². The monoisotopic (exact) mass is 411 g/mol. The van der Waals surface area contributed by atoms with E-state index >= 15 is 0 Å². The van der Waals surface area contributed by atoms with Gasteiger partial charge in [0, 0.05) is 29.9 Å². The quantitative estimate of drug-likeness (QED) is 0.584. The minimum absolute atomic E-state index is 0.124. The summed E-state index contributed by atoms with van der Waals surface area (Å²) in [7, 11) is 0. The van der Waals surface area contributed by atoms with E-state index in [9.17, 15) is 4.79 Å². The van der Waals surface area contributed by atoms with Gasteiger partial charge >= 0.3 is 0 Å². The summed E-state index contributed by atoms with van der Waals surface area (Å²) in [5, 5.41) is 0. The number of benzene rings is 2. The molecule has 0 N–H and O–H groups in total. The van der Waals surface area contributed by atoms with Crippen LogP contribution in [0.2, 0.25) is 0 Å². The van der Waals surface area contributed by atoms with Gasteiger partial charge < -0.3 is 9.47 Å². The van der Waals surface area contributed by atoms with Gasteiger partial charge in [-0.3, -0.25) is 4.79 Å². The lowest BCUT2D eigenvalue weighted by atomic mass is 10.1. The number of imidazole rings is 1. The topological polar surface area (TPSA) is 38.1 Å². The van der Waals surface area contributed by atoms with Crippen molar-refractivity contribution in [3.63, 3.8) is 0 Å². The normalized spacial score (nSPS) is 17.4. The fraction of sp³-hybridized carbons (Fsp3) is 0.333. The molecular formula is C21H22BrN3O. The van der Waals surface area contributed by atoms with Crippen LogP contribution in [0.15, 0.2) is 53.0 Å². The van der Waals surface area contributed by atoms with Gasteiger partial charge in [0.2, 0.25) is 5.91 Å². The fourth-order valence-electron chi connectivity index (χ4n) is 3.74. The van der Waals surface area contributed by atoms with E-state index in [4.69, 9.17) is 4.98 Å². The standard InChI is InChI=1S/C21H22BrN3O/c1-2-3-12-24-19-11-7-5-9-17(19)23-21(24)15-13-20(26)25(14-15)18-10-6-4-8-16(18)22/h4-11,15H,2-3,12-14H2,1H3. The molecule has 0 radical (unpaired) electrons. The maximum atomic E-state index is 12.7. The molecule has 1 aliphatic heterocycles. The predicted molar refractivity (Wildman–Crippen MR) is 108 cm³/mol. The van der Waals surface area contributed by atoms with E-state index in [1.807, 2.05) is 35.2 Å². The van der Waals surface area contributed by atoms with E-state index in [-0.39, 0.29) is 11.8 Å². The van der Waals surface area contributed by atoms with Gasteiger partial charge in [-0.2, -0.15) is 0 Å². The molecule has 1 unspecified atom stereocenters. The highest BCUT2D eigenvalue weighted by Gasteiger charge is 2.35. The van der Waals surface area contributed by atoms with Crippen LogP contribution in [0.25, 0.3) is 11.0 Å². The molecule has 4 rings (SSSR count). The largest absolute Gasteiger partial charge is 0.328 e. The van der Waals surface area contributed by atoms with Crippen LogP contribution in [-0.2, 0) is 11.3 Å². The predicted octanol–water partition coefficient (Wildman–Crippen LogP) is 5.12. The van der Waals surface area contributed by atoms with E-state index in [1.165, 1.54) is 5.52 Å². The van der Waals surface area contributed by atoms with Crippen LogP contribution < -0.4 is 4.90 Å². The van der Waals surface area contributed by atoms with Gasteiger partial charge in [-0.15, -0.1) is 0 Å². The van der Waals surface area contributed by atoms with Crippen LogP contribution in [-0.4, -0.2) is 22.0 Å². The number of amides is 1. The maximum absolute atomic E-state index is 12.7. The van der Waals surface area contributed by atoms with Gasteiger partial charge in [0.25, 0.3) is 0 Å². The molecule has 3 aromatic rings. The molecular weight excluding hydrogens is 390 g/mol. The van der Waals surface area contributed by atoms with Crippen molar-refractivity contribution in [2.45, 2.75) is 38.6 Å². The minimum Gasteiger partial charge on any atom is -0.328 e. The van der Waals surface area contributed by atoms with Gasteiger partial charge in [0.15, 0.2) is 0 Å². The molecule has 26 heavy (non-hydrogen) atoms. The molecule has 1 fully saturated rings. The van der Waals surface area contributed by atoms with Crippen LogP contribution in [0.1, 0.15) is 37.9 Å². The van der Waals surface area contributed by atoms with Crippen molar-refractivity contribution in [3.8, 4) is 0 Å². The highest BCUT2D eigenvalue weighted by Crippen LogP contribution is 2.36. The first kappa shape index (κ1) is 17.3. The number of rotatable bonds is 5. The van der Waals surface area contributed by atoms with Gasteiger partial charge in [0.05, 0.1) is 16.7 Å². The molecule has 1 saturated heterocycles. The zero-order valence-electron chi connectivity index (χ0n) is 14.9. The number of aryl methyl sites for hydroxylation is 1. The number of aromatic nitrogens is 2. The lowest BCUT2D eigenvalue weighted by Crippen LogP contribution is -2.25. The molecule has 2 heterocycles. The van der Waals surface area contributed by atoms with Crippen molar-refractivity contribution in [1.82, 2.24) is 9.55 Å². The number of carbonyl (C=O) groups excluding carboxylic acids is 1. The second-order valence-corrected chi connectivity index (χ2v) is 7.68. The first-order valence-corrected chi connectivity index (χ1v) is 9.98. The first-order valence-electron chi connectivity index (χ1n) is 9.19. The van der Waals surface area contributed by atoms with Crippen LogP contribution in [0.4, 0.5) is 5.69 Å². The summed E-state index contributed by atoms with van der Waals surface area (Å²) in [6.07, 6.45) is 2.76. The lowest BCUT2D eigenvalue weighted by molar-refractivity contribution is -0.117. The molecule has 134 valence electrons. The highest BCUT2D eigenvalue weighted by molar-refractivity contribution is 9.10. The van der Waals surface area contributed by atoms with Crippen LogP contribution >= 0.6 is 15.9 Å². The molecule has 0 bridgehead atoms. The lowest BCUT2D eigenvalue weighted by Gasteiger charge is -2.18. The molecule has 2 aromatic carbocycles. The van der Waals surface area contributed by atoms with E-state index in [0.717, 1.165) is 40.9 Å². The van der Waals surface area contributed by atoms with Crippen LogP contribution in [0.5, 0.6) is 0 Å². The van der Waals surface area contributed by atoms with Gasteiger partial charge in [-0.25, -0.2) is 4.98 Å². The second kappa shape index (κ2) is 7.23. The van der Waals surface area contributed by atoms with Crippen molar-refractivity contribution < 1.29 is 4.79 Å². The summed E-state index contributed by atoms with van der Waals surface area (Å²) < 4.78 is 3.27. The number of carbonyl (C=O) groups is 1. The van der Waals surface area contributed by atoms with Crippen LogP contribution in [0.3, 0.4) is 0 Å². The molecule has 0 saturated carbocycles. The third kappa shape index (κ3) is 3.05. The van der Waals surface area contributed by atoms with E-state index in [2.05, 4.69) is 45.6 Å². The Labute approximate surface area is 162 Å². The maximum Gasteiger partial charge on any atom is 0.227 e. The molecule has 1 atom stereocenters. The third-order valence-corrected chi connectivity index (χ3v) is 5.72. The van der Waals surface area contributed by atoms with Crippen molar-refractivity contribution in [2.24, 2.45) is 0 Å². The average Bonchev–Trinajstić information content (AvgIpc) is 3.21.